The van der Waals surface area contributed by atoms with E-state index in [9.17, 15) is 4.39 Å². The van der Waals surface area contributed by atoms with Gasteiger partial charge >= 0.3 is 0 Å². The average molecular weight is 322 g/mol. The van der Waals surface area contributed by atoms with Crippen molar-refractivity contribution in [1.29, 1.82) is 0 Å². The number of hydrogen-bond acceptors (Lipinski definition) is 4. The SMILES string of the molecule is Cc1c(N)cc(F)cc1-c1nc2ncc(Br)cc2o1. The number of rotatable bonds is 1. The quantitative estimate of drug-likeness (QED) is 0.694. The zero-order valence-electron chi connectivity index (χ0n) is 9.95. The van der Waals surface area contributed by atoms with Crippen molar-refractivity contribution in [2.75, 3.05) is 5.73 Å². The number of oxazole rings is 1. The van der Waals surface area contributed by atoms with Gasteiger partial charge in [0.05, 0.1) is 0 Å². The fourth-order valence-electron chi connectivity index (χ4n) is 1.83. The Balaban J connectivity index is 2.24. The summed E-state index contributed by atoms with van der Waals surface area (Å²) in [6, 6.07) is 4.39. The summed E-state index contributed by atoms with van der Waals surface area (Å²) in [7, 11) is 0. The van der Waals surface area contributed by atoms with Crippen LogP contribution in [0.4, 0.5) is 10.1 Å². The first-order valence-corrected chi connectivity index (χ1v) is 6.32. The fraction of sp³-hybridized carbons (Fsp3) is 0.0769. The molecular weight excluding hydrogens is 313 g/mol. The Bertz CT molecular complexity index is 785. The normalized spacial score (nSPS) is 11.1. The Kier molecular flexibility index (Phi) is 2.74. The summed E-state index contributed by atoms with van der Waals surface area (Å²) in [5, 5.41) is 0. The third kappa shape index (κ3) is 2.08. The van der Waals surface area contributed by atoms with Crippen LogP contribution in [0, 0.1) is 12.7 Å². The first-order valence-electron chi connectivity index (χ1n) is 5.52. The van der Waals surface area contributed by atoms with Crippen molar-refractivity contribution in [2.45, 2.75) is 6.92 Å². The van der Waals surface area contributed by atoms with Crippen molar-refractivity contribution < 1.29 is 8.81 Å². The molecule has 4 nitrogen and oxygen atoms in total. The third-order valence-electron chi connectivity index (χ3n) is 2.86. The highest BCUT2D eigenvalue weighted by atomic mass is 79.9. The molecule has 0 aliphatic carbocycles. The standard InChI is InChI=1S/C13H9BrFN3O/c1-6-9(3-8(15)4-10(6)16)13-18-12-11(19-13)2-7(14)5-17-12/h2-5H,16H2,1H3. The third-order valence-corrected chi connectivity index (χ3v) is 3.29. The molecule has 0 aliphatic heterocycles. The number of aromatic nitrogens is 2. The van der Waals surface area contributed by atoms with E-state index in [1.807, 2.05) is 0 Å². The van der Waals surface area contributed by atoms with Crippen LogP contribution in [-0.4, -0.2) is 9.97 Å². The number of nitrogens with two attached hydrogens (primary N) is 1. The van der Waals surface area contributed by atoms with Crippen LogP contribution < -0.4 is 5.73 Å². The maximum Gasteiger partial charge on any atom is 0.229 e. The predicted octanol–water partition coefficient (Wildman–Crippen LogP) is 3.68. The lowest BCUT2D eigenvalue weighted by Crippen LogP contribution is -1.94. The van der Waals surface area contributed by atoms with Gasteiger partial charge in [-0.1, -0.05) is 0 Å². The second-order valence-corrected chi connectivity index (χ2v) is 5.08. The molecule has 2 N–H and O–H groups in total. The molecule has 1 aromatic carbocycles. The molecule has 0 atom stereocenters. The maximum atomic E-state index is 13.4. The van der Waals surface area contributed by atoms with Gasteiger partial charge in [0, 0.05) is 28.0 Å². The molecule has 19 heavy (non-hydrogen) atoms. The molecule has 3 rings (SSSR count). The lowest BCUT2D eigenvalue weighted by atomic mass is 10.1. The molecule has 0 unspecified atom stereocenters. The highest BCUT2D eigenvalue weighted by Gasteiger charge is 2.14. The molecule has 0 spiro atoms. The Morgan fingerprint density at radius 3 is 2.89 bits per heavy atom. The van der Waals surface area contributed by atoms with Gasteiger partial charge in [0.2, 0.25) is 5.89 Å². The monoisotopic (exact) mass is 321 g/mol. The number of hydrogen-bond donors (Lipinski definition) is 1. The maximum absolute atomic E-state index is 13.4. The van der Waals surface area contributed by atoms with Crippen LogP contribution in [-0.2, 0) is 0 Å². The zero-order valence-corrected chi connectivity index (χ0v) is 11.5. The van der Waals surface area contributed by atoms with Crippen molar-refractivity contribution in [2.24, 2.45) is 0 Å². The van der Waals surface area contributed by atoms with E-state index in [4.69, 9.17) is 10.2 Å². The molecule has 0 aliphatic rings. The minimum atomic E-state index is -0.422. The van der Waals surface area contributed by atoms with Crippen LogP contribution in [0.5, 0.6) is 0 Å². The Hall–Kier alpha value is -1.95. The van der Waals surface area contributed by atoms with Gasteiger partial charge in [-0.05, 0) is 40.5 Å². The van der Waals surface area contributed by atoms with E-state index in [0.29, 0.717) is 28.4 Å². The molecule has 6 heteroatoms. The molecule has 3 aromatic rings. The molecule has 0 fully saturated rings. The molecule has 2 heterocycles. The summed E-state index contributed by atoms with van der Waals surface area (Å²) in [5.41, 5.74) is 8.38. The highest BCUT2D eigenvalue weighted by Crippen LogP contribution is 2.30. The molecule has 2 aromatic heterocycles. The average Bonchev–Trinajstić information content (AvgIpc) is 2.76. The molecule has 96 valence electrons. The van der Waals surface area contributed by atoms with Crippen molar-refractivity contribution in [3.05, 3.63) is 40.2 Å². The molecule has 0 amide bonds. The van der Waals surface area contributed by atoms with Crippen LogP contribution in [0.15, 0.2) is 33.3 Å². The van der Waals surface area contributed by atoms with Gasteiger partial charge in [-0.25, -0.2) is 9.37 Å². The van der Waals surface area contributed by atoms with Crippen LogP contribution >= 0.6 is 15.9 Å². The number of anilines is 1. The summed E-state index contributed by atoms with van der Waals surface area (Å²) in [5.74, 6) is -0.112. The minimum Gasteiger partial charge on any atom is -0.434 e. The lowest BCUT2D eigenvalue weighted by Gasteiger charge is -2.05. The van der Waals surface area contributed by atoms with Gasteiger partial charge in [-0.3, -0.25) is 0 Å². The summed E-state index contributed by atoms with van der Waals surface area (Å²) in [6.07, 6.45) is 1.63. The molecule has 0 radical (unpaired) electrons. The predicted molar refractivity (Wildman–Crippen MR) is 74.0 cm³/mol. The van der Waals surface area contributed by atoms with Crippen molar-refractivity contribution in [3.63, 3.8) is 0 Å². The highest BCUT2D eigenvalue weighted by molar-refractivity contribution is 9.10. The number of halogens is 2. The molecule has 0 saturated heterocycles. The van der Waals surface area contributed by atoms with E-state index >= 15 is 0 Å². The van der Waals surface area contributed by atoms with E-state index in [1.54, 1.807) is 19.2 Å². The fourth-order valence-corrected chi connectivity index (χ4v) is 2.14. The van der Waals surface area contributed by atoms with Crippen LogP contribution in [0.1, 0.15) is 5.56 Å². The van der Waals surface area contributed by atoms with Gasteiger partial charge in [0.1, 0.15) is 5.82 Å². The second kappa shape index (κ2) is 4.31. The van der Waals surface area contributed by atoms with Gasteiger partial charge in [0.25, 0.3) is 0 Å². The van der Waals surface area contributed by atoms with Crippen molar-refractivity contribution in [3.8, 4) is 11.5 Å². The number of fused-ring (bicyclic) bond motifs is 1. The number of benzene rings is 1. The largest absolute Gasteiger partial charge is 0.434 e. The topological polar surface area (TPSA) is 64.9 Å². The summed E-state index contributed by atoms with van der Waals surface area (Å²) >= 11 is 3.31. The van der Waals surface area contributed by atoms with Crippen molar-refractivity contribution in [1.82, 2.24) is 9.97 Å². The Morgan fingerprint density at radius 2 is 2.11 bits per heavy atom. The first-order chi connectivity index (χ1) is 9.04. The smallest absolute Gasteiger partial charge is 0.229 e. The molecular formula is C13H9BrFN3O. The van der Waals surface area contributed by atoms with Gasteiger partial charge in [0.15, 0.2) is 11.2 Å². The number of nitrogens with zero attached hydrogens (tertiary/aromatic N) is 2. The first kappa shape index (κ1) is 12.1. The van der Waals surface area contributed by atoms with Gasteiger partial charge in [-0.2, -0.15) is 4.98 Å². The molecule has 0 saturated carbocycles. The van der Waals surface area contributed by atoms with E-state index in [2.05, 4.69) is 25.9 Å². The number of pyridine rings is 1. The number of nitrogen functional groups attached to an aromatic ring is 1. The van der Waals surface area contributed by atoms with E-state index in [1.165, 1.54) is 12.1 Å². The lowest BCUT2D eigenvalue weighted by molar-refractivity contribution is 0.610. The Morgan fingerprint density at radius 1 is 1.32 bits per heavy atom. The van der Waals surface area contributed by atoms with Gasteiger partial charge in [-0.15, -0.1) is 0 Å². The summed E-state index contributed by atoms with van der Waals surface area (Å²) in [4.78, 5) is 8.37. The van der Waals surface area contributed by atoms with Crippen LogP contribution in [0.2, 0.25) is 0 Å². The van der Waals surface area contributed by atoms with Gasteiger partial charge < -0.3 is 10.2 Å². The van der Waals surface area contributed by atoms with Crippen LogP contribution in [0.25, 0.3) is 22.7 Å². The van der Waals surface area contributed by atoms with E-state index in [-0.39, 0.29) is 0 Å². The summed E-state index contributed by atoms with van der Waals surface area (Å²) in [6.45, 7) is 1.79. The minimum absolute atomic E-state index is 0.310. The second-order valence-electron chi connectivity index (χ2n) is 4.16. The van der Waals surface area contributed by atoms with E-state index in [0.717, 1.165) is 10.0 Å². The summed E-state index contributed by atoms with van der Waals surface area (Å²) < 4.78 is 19.8. The Labute approximate surface area is 116 Å². The van der Waals surface area contributed by atoms with Crippen molar-refractivity contribution >= 4 is 32.8 Å². The van der Waals surface area contributed by atoms with E-state index < -0.39 is 5.82 Å². The molecule has 0 bridgehead atoms. The van der Waals surface area contributed by atoms with Crippen LogP contribution in [0.3, 0.4) is 0 Å². The zero-order chi connectivity index (χ0) is 13.6.